The van der Waals surface area contributed by atoms with Gasteiger partial charge in [0.15, 0.2) is 0 Å². The molecule has 0 bridgehead atoms. The summed E-state index contributed by atoms with van der Waals surface area (Å²) in [6.45, 7) is 11.6. The first-order valence-corrected chi connectivity index (χ1v) is 15.3. The van der Waals surface area contributed by atoms with Crippen LogP contribution in [0.1, 0.15) is 58.9 Å². The Bertz CT molecular complexity index is 1030. The van der Waals surface area contributed by atoms with Crippen LogP contribution >= 0.6 is 0 Å². The van der Waals surface area contributed by atoms with Crippen molar-refractivity contribution >= 4 is 11.4 Å². The fourth-order valence-electron chi connectivity index (χ4n) is 7.22. The topological polar surface area (TPSA) is 142 Å². The fraction of sp³-hybridized carbons (Fsp3) is 0.793. The Labute approximate surface area is 238 Å². The van der Waals surface area contributed by atoms with Crippen LogP contribution in [0, 0.1) is 5.92 Å². The van der Waals surface area contributed by atoms with Crippen molar-refractivity contribution in [3.05, 3.63) is 23.8 Å². The minimum atomic E-state index is -0.957. The van der Waals surface area contributed by atoms with Crippen LogP contribution in [0.25, 0.3) is 0 Å². The van der Waals surface area contributed by atoms with Crippen LogP contribution in [0.15, 0.2) is 18.2 Å². The van der Waals surface area contributed by atoms with Crippen LogP contribution < -0.4 is 32.3 Å². The molecule has 11 heteroatoms. The monoisotopic (exact) mass is 558 g/mol. The summed E-state index contributed by atoms with van der Waals surface area (Å²) >= 11 is 0. The maximum absolute atomic E-state index is 10.9. The molecule has 0 radical (unpaired) electrons. The molecule has 9 N–H and O–H groups in total. The molecule has 0 spiro atoms. The van der Waals surface area contributed by atoms with Gasteiger partial charge in [0.05, 0.1) is 42.6 Å². The van der Waals surface area contributed by atoms with Crippen LogP contribution in [0.3, 0.4) is 0 Å². The third-order valence-electron chi connectivity index (χ3n) is 9.86. The van der Waals surface area contributed by atoms with Crippen LogP contribution in [0.5, 0.6) is 0 Å². The number of rotatable bonds is 8. The van der Waals surface area contributed by atoms with E-state index in [1.54, 1.807) is 0 Å². The lowest BCUT2D eigenvalue weighted by Crippen LogP contribution is -2.68. The number of aliphatic hydroxyl groups is 2. The second-order valence-electron chi connectivity index (χ2n) is 13.5. The van der Waals surface area contributed by atoms with Gasteiger partial charge in [0.2, 0.25) is 0 Å². The second kappa shape index (κ2) is 11.3. The van der Waals surface area contributed by atoms with Crippen molar-refractivity contribution in [3.8, 4) is 0 Å². The van der Waals surface area contributed by atoms with E-state index in [4.69, 9.17) is 10.5 Å². The van der Waals surface area contributed by atoms with Gasteiger partial charge in [-0.2, -0.15) is 0 Å². The zero-order valence-electron chi connectivity index (χ0n) is 24.4. The smallest absolute Gasteiger partial charge is 0.142 e. The maximum Gasteiger partial charge on any atom is 0.142 e. The first-order valence-electron chi connectivity index (χ1n) is 15.3. The fourth-order valence-corrected chi connectivity index (χ4v) is 7.22. The molecule has 6 rings (SSSR count). The highest BCUT2D eigenvalue weighted by atomic mass is 16.6. The Morgan fingerprint density at radius 3 is 2.58 bits per heavy atom. The molecule has 1 aromatic rings. The summed E-state index contributed by atoms with van der Waals surface area (Å²) in [6, 6.07) is 7.25. The van der Waals surface area contributed by atoms with Crippen LogP contribution in [0.2, 0.25) is 0 Å². The van der Waals surface area contributed by atoms with Crippen molar-refractivity contribution in [2.75, 3.05) is 37.1 Å². The molecular weight excluding hydrogens is 508 g/mol. The molecule has 3 saturated heterocycles. The number of nitrogens with two attached hydrogens (primary N) is 1. The van der Waals surface area contributed by atoms with E-state index in [-0.39, 0.29) is 30.0 Å². The van der Waals surface area contributed by atoms with E-state index in [1.807, 2.05) is 0 Å². The number of nitrogens with one attached hydrogen (secondary N) is 5. The summed E-state index contributed by atoms with van der Waals surface area (Å²) in [4.78, 5) is 4.49. The Morgan fingerprint density at radius 2 is 1.82 bits per heavy atom. The summed E-state index contributed by atoms with van der Waals surface area (Å²) in [6.07, 6.45) is 1.84. The Balaban J connectivity index is 0.963. The van der Waals surface area contributed by atoms with Gasteiger partial charge in [0.1, 0.15) is 24.5 Å². The highest BCUT2D eigenvalue weighted by molar-refractivity contribution is 5.75. The first kappa shape index (κ1) is 28.6. The minimum absolute atomic E-state index is 0.0181. The molecule has 11 nitrogen and oxygen atoms in total. The van der Waals surface area contributed by atoms with Crippen molar-refractivity contribution in [3.63, 3.8) is 0 Å². The number of likely N-dealkylation sites (N-methyl/N-ethyl adjacent to an activating group) is 1. The largest absolute Gasteiger partial charge is 0.387 e. The van der Waals surface area contributed by atoms with E-state index in [9.17, 15) is 10.2 Å². The van der Waals surface area contributed by atoms with E-state index in [0.717, 1.165) is 13.0 Å². The molecule has 4 heterocycles. The summed E-state index contributed by atoms with van der Waals surface area (Å²) in [5, 5.41) is 39.2. The van der Waals surface area contributed by atoms with Gasteiger partial charge in [-0.25, -0.2) is 4.90 Å². The molecule has 1 aliphatic carbocycles. The van der Waals surface area contributed by atoms with Crippen molar-refractivity contribution in [1.82, 2.24) is 25.8 Å². The van der Waals surface area contributed by atoms with Gasteiger partial charge in [-0.05, 0) is 61.3 Å². The van der Waals surface area contributed by atoms with Crippen molar-refractivity contribution in [2.24, 2.45) is 11.7 Å². The predicted octanol–water partition coefficient (Wildman–Crippen LogP) is 0.468. The lowest BCUT2D eigenvalue weighted by atomic mass is 9.76. The molecular formula is C29H50N8O3. The molecule has 40 heavy (non-hydrogen) atoms. The first-order chi connectivity index (χ1) is 19.1. The van der Waals surface area contributed by atoms with Crippen molar-refractivity contribution < 1.29 is 14.9 Å². The normalized spacial score (nSPS) is 39.5. The summed E-state index contributed by atoms with van der Waals surface area (Å²) < 4.78 is 6.33. The predicted molar refractivity (Wildman–Crippen MR) is 156 cm³/mol. The minimum Gasteiger partial charge on any atom is -0.387 e. The van der Waals surface area contributed by atoms with Gasteiger partial charge in [0, 0.05) is 19.3 Å². The molecule has 5 aliphatic rings. The number of fused-ring (bicyclic) bond motifs is 2. The van der Waals surface area contributed by atoms with Crippen molar-refractivity contribution in [1.29, 1.82) is 0 Å². The molecule has 0 aromatic heterocycles. The standard InChI is InChI=1S/C29H50N8O3/c1-5-36(13-21-24(38)25(39)28(40-21)37-15-33-23-26(30)31-14-32-27(23)37)18-10-16(11-18)6-9-22-34-19-8-7-17(29(2,3)4)12-20(19)35-22/h7-8,12,16,18,21-28,31-35,38-39H,5-6,9-11,13-15,30H2,1-4H3/t16?,18?,21-,22?,23?,24-,25-,26?,27?,28-/m1/s1. The Kier molecular flexibility index (Phi) is 8.05. The van der Waals surface area contributed by atoms with Crippen LogP contribution in [-0.2, 0) is 10.2 Å². The maximum atomic E-state index is 10.9. The van der Waals surface area contributed by atoms with E-state index in [0.29, 0.717) is 31.8 Å². The number of hydrogen-bond donors (Lipinski definition) is 8. The Morgan fingerprint density at radius 1 is 1.05 bits per heavy atom. The molecule has 1 aromatic carbocycles. The van der Waals surface area contributed by atoms with E-state index in [2.05, 4.69) is 82.3 Å². The number of aliphatic hydroxyl groups excluding tert-OH is 2. The average molecular weight is 559 g/mol. The molecule has 0 amide bonds. The molecule has 8 atom stereocenters. The lowest BCUT2D eigenvalue weighted by Gasteiger charge is -2.44. The van der Waals surface area contributed by atoms with Gasteiger partial charge in [-0.3, -0.25) is 20.9 Å². The third kappa shape index (κ3) is 5.48. The van der Waals surface area contributed by atoms with Gasteiger partial charge in [-0.1, -0.05) is 33.8 Å². The number of nitrogens with zero attached hydrogens (tertiary/aromatic N) is 2. The van der Waals surface area contributed by atoms with Gasteiger partial charge in [-0.15, -0.1) is 0 Å². The number of benzene rings is 1. The molecule has 4 unspecified atom stereocenters. The molecule has 224 valence electrons. The van der Waals surface area contributed by atoms with Crippen molar-refractivity contribution in [2.45, 2.75) is 114 Å². The molecule has 4 aliphatic heterocycles. The van der Waals surface area contributed by atoms with Gasteiger partial charge < -0.3 is 31.3 Å². The van der Waals surface area contributed by atoms with Gasteiger partial charge in [0.25, 0.3) is 0 Å². The van der Waals surface area contributed by atoms with Crippen LogP contribution in [0.4, 0.5) is 11.4 Å². The van der Waals surface area contributed by atoms with E-state index < -0.39 is 24.5 Å². The second-order valence-corrected chi connectivity index (χ2v) is 13.5. The number of ether oxygens (including phenoxy) is 1. The summed E-state index contributed by atoms with van der Waals surface area (Å²) in [5.41, 5.74) is 10.1. The van der Waals surface area contributed by atoms with E-state index >= 15 is 0 Å². The molecule has 1 saturated carbocycles. The quantitative estimate of drug-likeness (QED) is 0.226. The zero-order chi connectivity index (χ0) is 28.2. The SMILES string of the molecule is CCN(C[C@H]1O[C@@H](N2CNC3C(N)NCNC32)[C@H](O)[C@@H]1O)C1CC(CCC2Nc3ccc(C(C)(C)C)cc3N2)C1. The molecule has 4 fully saturated rings. The highest BCUT2D eigenvalue weighted by Crippen LogP contribution is 2.39. The van der Waals surface area contributed by atoms with Crippen LogP contribution in [-0.4, -0.2) is 102 Å². The zero-order valence-corrected chi connectivity index (χ0v) is 24.4. The third-order valence-corrected chi connectivity index (χ3v) is 9.86. The average Bonchev–Trinajstić information content (AvgIpc) is 3.58. The van der Waals surface area contributed by atoms with Gasteiger partial charge >= 0.3 is 0 Å². The summed E-state index contributed by atoms with van der Waals surface area (Å²) in [7, 11) is 0. The number of hydrogen-bond acceptors (Lipinski definition) is 11. The Hall–Kier alpha value is -1.54. The highest BCUT2D eigenvalue weighted by Gasteiger charge is 2.52. The number of anilines is 2. The van der Waals surface area contributed by atoms with E-state index in [1.165, 1.54) is 36.2 Å². The lowest BCUT2D eigenvalue weighted by molar-refractivity contribution is -0.110. The summed E-state index contributed by atoms with van der Waals surface area (Å²) in [5.74, 6) is 0.715.